The van der Waals surface area contributed by atoms with E-state index in [4.69, 9.17) is 9.47 Å². The molecule has 30 heavy (non-hydrogen) atoms. The van der Waals surface area contributed by atoms with Gasteiger partial charge in [0.1, 0.15) is 13.2 Å². The number of likely N-dealkylation sites (N-methyl/N-ethyl adjacent to an activating group) is 1. The standard InChI is InChI=1S/C24H30NO4.ClH/c1-25(2,3)18-22(17-24(27)28-19-21-13-8-5-9-14-21)29-23(26)16-10-15-20-11-6-4-7-12-20;/h4-15,22H,16-19H2,1-3H3;1H/q+1;/p-1/b15-10+;/t22-;/m1./s1. The number of ether oxygens (including phenoxy) is 2. The van der Waals surface area contributed by atoms with E-state index in [1.165, 1.54) is 0 Å². The van der Waals surface area contributed by atoms with Gasteiger partial charge in [-0.3, -0.25) is 9.59 Å². The van der Waals surface area contributed by atoms with Crippen molar-refractivity contribution in [3.63, 3.8) is 0 Å². The molecule has 0 saturated carbocycles. The van der Waals surface area contributed by atoms with Gasteiger partial charge in [0.05, 0.1) is 34.0 Å². The number of rotatable bonds is 10. The van der Waals surface area contributed by atoms with Crippen LogP contribution in [0.5, 0.6) is 0 Å². The summed E-state index contributed by atoms with van der Waals surface area (Å²) >= 11 is 0. The molecule has 5 nitrogen and oxygen atoms in total. The number of carbonyl (C=O) groups excluding carboxylic acids is 2. The maximum atomic E-state index is 12.3. The van der Waals surface area contributed by atoms with E-state index in [1.807, 2.05) is 87.9 Å². The number of esters is 2. The van der Waals surface area contributed by atoms with Gasteiger partial charge in [-0.1, -0.05) is 72.8 Å². The highest BCUT2D eigenvalue weighted by Crippen LogP contribution is 2.10. The van der Waals surface area contributed by atoms with Gasteiger partial charge >= 0.3 is 11.9 Å². The molecule has 0 amide bonds. The molecule has 2 rings (SSSR count). The normalized spacial score (nSPS) is 12.1. The van der Waals surface area contributed by atoms with Crippen LogP contribution in [0.15, 0.2) is 66.7 Å². The van der Waals surface area contributed by atoms with Crippen molar-refractivity contribution in [1.82, 2.24) is 0 Å². The number of quaternary nitrogens is 1. The van der Waals surface area contributed by atoms with Crippen molar-refractivity contribution in [3.8, 4) is 0 Å². The first-order valence-corrected chi connectivity index (χ1v) is 9.73. The summed E-state index contributed by atoms with van der Waals surface area (Å²) in [6.45, 7) is 0.735. The largest absolute Gasteiger partial charge is 1.00 e. The van der Waals surface area contributed by atoms with Crippen molar-refractivity contribution < 1.29 is 36.0 Å². The fourth-order valence-electron chi connectivity index (χ4n) is 2.83. The van der Waals surface area contributed by atoms with Crippen molar-refractivity contribution in [2.45, 2.75) is 25.6 Å². The van der Waals surface area contributed by atoms with E-state index in [0.717, 1.165) is 11.1 Å². The zero-order valence-electron chi connectivity index (χ0n) is 17.8. The SMILES string of the molecule is C[N+](C)(C)C[C@@H](CC(=O)OCc1ccccc1)OC(=O)C/C=C/c1ccccc1.[Cl-]. The Morgan fingerprint density at radius 2 is 1.53 bits per heavy atom. The summed E-state index contributed by atoms with van der Waals surface area (Å²) in [5, 5.41) is 0. The molecule has 0 aliphatic carbocycles. The number of hydrogen-bond acceptors (Lipinski definition) is 4. The maximum Gasteiger partial charge on any atom is 0.310 e. The van der Waals surface area contributed by atoms with Crippen LogP contribution < -0.4 is 12.4 Å². The Labute approximate surface area is 185 Å². The minimum atomic E-state index is -0.532. The van der Waals surface area contributed by atoms with Crippen LogP contribution in [-0.4, -0.2) is 50.2 Å². The third-order valence-electron chi connectivity index (χ3n) is 4.08. The molecule has 2 aromatic carbocycles. The summed E-state index contributed by atoms with van der Waals surface area (Å²) in [6.07, 6.45) is 3.31. The second-order valence-electron chi connectivity index (χ2n) is 7.95. The van der Waals surface area contributed by atoms with E-state index in [9.17, 15) is 9.59 Å². The molecule has 0 fully saturated rings. The zero-order chi connectivity index (χ0) is 21.1. The lowest BCUT2D eigenvalue weighted by molar-refractivity contribution is -0.873. The van der Waals surface area contributed by atoms with Gasteiger partial charge in [-0.15, -0.1) is 0 Å². The first kappa shape index (κ1) is 25.4. The third-order valence-corrected chi connectivity index (χ3v) is 4.08. The van der Waals surface area contributed by atoms with Crippen LogP contribution in [0, 0.1) is 0 Å². The van der Waals surface area contributed by atoms with Gasteiger partial charge in [0.2, 0.25) is 0 Å². The molecule has 6 heteroatoms. The summed E-state index contributed by atoms with van der Waals surface area (Å²) in [5.74, 6) is -0.730. The van der Waals surface area contributed by atoms with Gasteiger partial charge in [0.25, 0.3) is 0 Å². The number of benzene rings is 2. The van der Waals surface area contributed by atoms with Crippen molar-refractivity contribution >= 4 is 18.0 Å². The quantitative estimate of drug-likeness (QED) is 0.413. The minimum absolute atomic E-state index is 0. The Morgan fingerprint density at radius 3 is 2.13 bits per heavy atom. The second-order valence-corrected chi connectivity index (χ2v) is 7.95. The molecule has 0 unspecified atom stereocenters. The van der Waals surface area contributed by atoms with Crippen LogP contribution in [0.3, 0.4) is 0 Å². The first-order chi connectivity index (χ1) is 13.8. The smallest absolute Gasteiger partial charge is 0.310 e. The molecule has 0 bridgehead atoms. The molecular weight excluding hydrogens is 402 g/mol. The summed E-state index contributed by atoms with van der Waals surface area (Å²) in [4.78, 5) is 24.5. The van der Waals surface area contributed by atoms with Crippen LogP contribution in [-0.2, 0) is 25.7 Å². The maximum absolute atomic E-state index is 12.3. The van der Waals surface area contributed by atoms with Gasteiger partial charge in [-0.05, 0) is 11.1 Å². The van der Waals surface area contributed by atoms with Crippen LogP contribution in [0.1, 0.15) is 24.0 Å². The summed E-state index contributed by atoms with van der Waals surface area (Å²) in [6, 6.07) is 19.3. The van der Waals surface area contributed by atoms with Gasteiger partial charge in [-0.25, -0.2) is 0 Å². The molecule has 162 valence electrons. The molecule has 0 aromatic heterocycles. The number of halogens is 1. The number of nitrogens with zero attached hydrogens (tertiary/aromatic N) is 1. The molecule has 0 N–H and O–H groups in total. The average Bonchev–Trinajstić information content (AvgIpc) is 2.66. The van der Waals surface area contributed by atoms with E-state index in [2.05, 4.69) is 0 Å². The van der Waals surface area contributed by atoms with E-state index in [-0.39, 0.29) is 43.8 Å². The second kappa shape index (κ2) is 12.8. The van der Waals surface area contributed by atoms with E-state index >= 15 is 0 Å². The fraction of sp³-hybridized carbons (Fsp3) is 0.333. The molecule has 0 saturated heterocycles. The van der Waals surface area contributed by atoms with Crippen molar-refractivity contribution in [3.05, 3.63) is 77.9 Å². The Bertz CT molecular complexity index is 801. The molecule has 2 aromatic rings. The minimum Gasteiger partial charge on any atom is -1.00 e. The van der Waals surface area contributed by atoms with Crippen molar-refractivity contribution in [1.29, 1.82) is 0 Å². The van der Waals surface area contributed by atoms with Gasteiger partial charge in [-0.2, -0.15) is 0 Å². The third kappa shape index (κ3) is 10.8. The van der Waals surface area contributed by atoms with Crippen LogP contribution in [0.2, 0.25) is 0 Å². The van der Waals surface area contributed by atoms with Crippen LogP contribution in [0.25, 0.3) is 6.08 Å². The average molecular weight is 432 g/mol. The van der Waals surface area contributed by atoms with Gasteiger partial charge in [0.15, 0.2) is 6.10 Å². The zero-order valence-corrected chi connectivity index (χ0v) is 18.5. The van der Waals surface area contributed by atoms with Crippen LogP contribution in [0.4, 0.5) is 0 Å². The molecule has 0 radical (unpaired) electrons. The van der Waals surface area contributed by atoms with Crippen LogP contribution >= 0.6 is 0 Å². The molecule has 1 atom stereocenters. The lowest BCUT2D eigenvalue weighted by atomic mass is 10.2. The highest BCUT2D eigenvalue weighted by molar-refractivity contribution is 5.74. The first-order valence-electron chi connectivity index (χ1n) is 9.73. The highest BCUT2D eigenvalue weighted by atomic mass is 35.5. The van der Waals surface area contributed by atoms with E-state index in [1.54, 1.807) is 6.08 Å². The lowest BCUT2D eigenvalue weighted by Crippen LogP contribution is -3.00. The predicted molar refractivity (Wildman–Crippen MR) is 114 cm³/mol. The topological polar surface area (TPSA) is 52.6 Å². The van der Waals surface area contributed by atoms with E-state index < -0.39 is 6.10 Å². The van der Waals surface area contributed by atoms with Gasteiger partial charge in [0, 0.05) is 0 Å². The summed E-state index contributed by atoms with van der Waals surface area (Å²) < 4.78 is 11.5. The Kier molecular flexibility index (Phi) is 10.9. The summed E-state index contributed by atoms with van der Waals surface area (Å²) in [5.41, 5.74) is 1.94. The molecule has 0 aliphatic heterocycles. The fourth-order valence-corrected chi connectivity index (χ4v) is 2.83. The van der Waals surface area contributed by atoms with Gasteiger partial charge < -0.3 is 26.4 Å². The van der Waals surface area contributed by atoms with Crippen molar-refractivity contribution in [2.75, 3.05) is 27.7 Å². The molecule has 0 aliphatic rings. The Morgan fingerprint density at radius 1 is 0.933 bits per heavy atom. The Hall–Kier alpha value is -2.63. The monoisotopic (exact) mass is 431 g/mol. The number of hydrogen-bond donors (Lipinski definition) is 0. The number of carbonyl (C=O) groups is 2. The Balaban J connectivity index is 0.00000450. The molecule has 0 spiro atoms. The van der Waals surface area contributed by atoms with E-state index in [0.29, 0.717) is 11.0 Å². The molecule has 0 heterocycles. The summed E-state index contributed by atoms with van der Waals surface area (Å²) in [7, 11) is 5.97. The molecular formula is C24H30ClNO4. The predicted octanol–water partition coefficient (Wildman–Crippen LogP) is 0.845. The van der Waals surface area contributed by atoms with Crippen molar-refractivity contribution in [2.24, 2.45) is 0 Å². The highest BCUT2D eigenvalue weighted by Gasteiger charge is 2.25. The lowest BCUT2D eigenvalue weighted by Gasteiger charge is -2.28.